The van der Waals surface area contributed by atoms with Crippen LogP contribution in [0.3, 0.4) is 0 Å². The van der Waals surface area contributed by atoms with E-state index in [1.54, 1.807) is 0 Å². The number of hydrogen-bond acceptors (Lipinski definition) is 2. The molecule has 5 nitrogen and oxygen atoms in total. The molecule has 0 aliphatic heterocycles. The van der Waals surface area contributed by atoms with Gasteiger partial charge in [0.1, 0.15) is 0 Å². The minimum atomic E-state index is -0.343. The Morgan fingerprint density at radius 1 is 1.10 bits per heavy atom. The number of rotatable bonds is 7. The van der Waals surface area contributed by atoms with Crippen molar-refractivity contribution in [1.82, 2.24) is 9.88 Å². The molecule has 0 radical (unpaired) electrons. The van der Waals surface area contributed by atoms with E-state index in [0.29, 0.717) is 25.8 Å². The van der Waals surface area contributed by atoms with Crippen molar-refractivity contribution in [3.8, 4) is 5.69 Å². The van der Waals surface area contributed by atoms with E-state index >= 15 is 0 Å². The van der Waals surface area contributed by atoms with Crippen LogP contribution in [0.4, 0.5) is 0 Å². The third-order valence-electron chi connectivity index (χ3n) is 3.13. The molecule has 0 saturated carbocycles. The van der Waals surface area contributed by atoms with Gasteiger partial charge in [0.15, 0.2) is 0 Å². The van der Waals surface area contributed by atoms with Gasteiger partial charge < -0.3 is 15.6 Å². The highest BCUT2D eigenvalue weighted by Gasteiger charge is 2.04. The van der Waals surface area contributed by atoms with Crippen LogP contribution >= 0.6 is 0 Å². The van der Waals surface area contributed by atoms with E-state index in [1.165, 1.54) is 0 Å². The summed E-state index contributed by atoms with van der Waals surface area (Å²) in [6.07, 6.45) is 5.16. The Bertz CT molecular complexity index is 588. The molecule has 2 aromatic rings. The summed E-state index contributed by atoms with van der Waals surface area (Å²) in [7, 11) is 0. The summed E-state index contributed by atoms with van der Waals surface area (Å²) in [5.74, 6) is -0.391. The first-order chi connectivity index (χ1) is 10.1. The van der Waals surface area contributed by atoms with E-state index in [4.69, 9.17) is 5.73 Å². The Hall–Kier alpha value is -2.56. The first-order valence-electron chi connectivity index (χ1n) is 6.92. The van der Waals surface area contributed by atoms with Gasteiger partial charge in [-0.25, -0.2) is 0 Å². The number of nitrogens with two attached hydrogens (primary N) is 1. The molecule has 0 fully saturated rings. The molecule has 0 atom stereocenters. The summed E-state index contributed by atoms with van der Waals surface area (Å²) in [6, 6.07) is 11.8. The largest absolute Gasteiger partial charge is 0.370 e. The lowest BCUT2D eigenvalue weighted by molar-refractivity contribution is -0.121. The second kappa shape index (κ2) is 7.28. The van der Waals surface area contributed by atoms with Crippen molar-refractivity contribution in [2.45, 2.75) is 19.3 Å². The standard InChI is InChI=1S/C16H19N3O2/c17-15(20)4-3-9-18-16(21)12-13-5-7-14(8-6-13)19-10-1-2-11-19/h1-2,5-8,10-11H,3-4,9,12H2,(H2,17,20)(H,18,21). The second-order valence-corrected chi connectivity index (χ2v) is 4.85. The second-order valence-electron chi connectivity index (χ2n) is 4.85. The Morgan fingerprint density at radius 2 is 1.76 bits per heavy atom. The molecule has 2 amide bonds. The summed E-state index contributed by atoms with van der Waals surface area (Å²) in [5.41, 5.74) is 7.05. The molecule has 21 heavy (non-hydrogen) atoms. The fourth-order valence-corrected chi connectivity index (χ4v) is 2.03. The first kappa shape index (κ1) is 14.8. The molecule has 0 spiro atoms. The maximum absolute atomic E-state index is 11.7. The summed E-state index contributed by atoms with van der Waals surface area (Å²) in [5, 5.41) is 2.78. The van der Waals surface area contributed by atoms with Crippen molar-refractivity contribution in [2.24, 2.45) is 5.73 Å². The maximum Gasteiger partial charge on any atom is 0.224 e. The Labute approximate surface area is 123 Å². The summed E-state index contributed by atoms with van der Waals surface area (Å²) < 4.78 is 2.01. The number of benzene rings is 1. The van der Waals surface area contributed by atoms with Crippen molar-refractivity contribution in [3.63, 3.8) is 0 Å². The van der Waals surface area contributed by atoms with Crippen LogP contribution < -0.4 is 11.1 Å². The van der Waals surface area contributed by atoms with Crippen LogP contribution in [0.1, 0.15) is 18.4 Å². The van der Waals surface area contributed by atoms with Gasteiger partial charge in [0.05, 0.1) is 6.42 Å². The van der Waals surface area contributed by atoms with Gasteiger partial charge in [-0.2, -0.15) is 0 Å². The van der Waals surface area contributed by atoms with E-state index in [1.807, 2.05) is 53.4 Å². The number of aromatic nitrogens is 1. The van der Waals surface area contributed by atoms with Gasteiger partial charge in [-0.15, -0.1) is 0 Å². The molecule has 0 saturated heterocycles. The van der Waals surface area contributed by atoms with Crippen LogP contribution in [0.25, 0.3) is 5.69 Å². The van der Waals surface area contributed by atoms with E-state index in [9.17, 15) is 9.59 Å². The van der Waals surface area contributed by atoms with Crippen LogP contribution in [0.2, 0.25) is 0 Å². The van der Waals surface area contributed by atoms with Crippen LogP contribution in [-0.2, 0) is 16.0 Å². The maximum atomic E-state index is 11.7. The SMILES string of the molecule is NC(=O)CCCNC(=O)Cc1ccc(-n2cccc2)cc1. The fourth-order valence-electron chi connectivity index (χ4n) is 2.03. The van der Waals surface area contributed by atoms with Gasteiger partial charge in [-0.1, -0.05) is 12.1 Å². The number of nitrogens with zero attached hydrogens (tertiary/aromatic N) is 1. The normalized spacial score (nSPS) is 10.3. The smallest absolute Gasteiger partial charge is 0.224 e. The molecule has 1 aromatic carbocycles. The van der Waals surface area contributed by atoms with Crippen LogP contribution in [-0.4, -0.2) is 22.9 Å². The average molecular weight is 285 g/mol. The third kappa shape index (κ3) is 4.80. The van der Waals surface area contributed by atoms with Crippen LogP contribution in [0.15, 0.2) is 48.8 Å². The number of primary amides is 1. The summed E-state index contributed by atoms with van der Waals surface area (Å²) in [6.45, 7) is 0.475. The zero-order valence-electron chi connectivity index (χ0n) is 11.8. The van der Waals surface area contributed by atoms with Crippen molar-refractivity contribution >= 4 is 11.8 Å². The van der Waals surface area contributed by atoms with Crippen molar-refractivity contribution in [1.29, 1.82) is 0 Å². The van der Waals surface area contributed by atoms with E-state index in [-0.39, 0.29) is 11.8 Å². The summed E-state index contributed by atoms with van der Waals surface area (Å²) >= 11 is 0. The molecule has 1 heterocycles. The zero-order valence-corrected chi connectivity index (χ0v) is 11.8. The Balaban J connectivity index is 1.80. The number of amides is 2. The topological polar surface area (TPSA) is 77.1 Å². The lowest BCUT2D eigenvalue weighted by Gasteiger charge is -2.06. The van der Waals surface area contributed by atoms with E-state index < -0.39 is 0 Å². The first-order valence-corrected chi connectivity index (χ1v) is 6.92. The quantitative estimate of drug-likeness (QED) is 0.754. The van der Waals surface area contributed by atoms with Crippen molar-refractivity contribution in [3.05, 3.63) is 54.4 Å². The predicted octanol–water partition coefficient (Wildman–Crippen LogP) is 1.40. The van der Waals surface area contributed by atoms with Gasteiger partial charge >= 0.3 is 0 Å². The molecule has 110 valence electrons. The number of hydrogen-bond donors (Lipinski definition) is 2. The lowest BCUT2D eigenvalue weighted by Crippen LogP contribution is -2.27. The molecule has 0 aliphatic rings. The van der Waals surface area contributed by atoms with Gasteiger partial charge in [-0.05, 0) is 36.2 Å². The molecular formula is C16H19N3O2. The van der Waals surface area contributed by atoms with Crippen molar-refractivity contribution < 1.29 is 9.59 Å². The van der Waals surface area contributed by atoms with Gasteiger partial charge in [0, 0.05) is 31.0 Å². The highest BCUT2D eigenvalue weighted by molar-refractivity contribution is 5.78. The minimum absolute atomic E-state index is 0.0480. The number of nitrogens with one attached hydrogen (secondary N) is 1. The Kier molecular flexibility index (Phi) is 5.15. The van der Waals surface area contributed by atoms with E-state index in [2.05, 4.69) is 5.32 Å². The van der Waals surface area contributed by atoms with Crippen LogP contribution in [0.5, 0.6) is 0 Å². The molecule has 2 rings (SSSR count). The average Bonchev–Trinajstić information content (AvgIpc) is 2.98. The fraction of sp³-hybridized carbons (Fsp3) is 0.250. The van der Waals surface area contributed by atoms with Crippen LogP contribution in [0, 0.1) is 0 Å². The molecule has 0 aliphatic carbocycles. The number of carbonyl (C=O) groups is 2. The molecular weight excluding hydrogens is 266 g/mol. The van der Waals surface area contributed by atoms with Gasteiger partial charge in [0.2, 0.25) is 11.8 Å². The lowest BCUT2D eigenvalue weighted by atomic mass is 10.1. The molecule has 5 heteroatoms. The van der Waals surface area contributed by atoms with E-state index in [0.717, 1.165) is 11.3 Å². The number of carbonyl (C=O) groups excluding carboxylic acids is 2. The highest BCUT2D eigenvalue weighted by atomic mass is 16.2. The third-order valence-corrected chi connectivity index (χ3v) is 3.13. The molecule has 3 N–H and O–H groups in total. The molecule has 1 aromatic heterocycles. The minimum Gasteiger partial charge on any atom is -0.370 e. The molecule has 0 bridgehead atoms. The predicted molar refractivity (Wildman–Crippen MR) is 80.9 cm³/mol. The van der Waals surface area contributed by atoms with Gasteiger partial charge in [0.25, 0.3) is 0 Å². The summed E-state index contributed by atoms with van der Waals surface area (Å²) in [4.78, 5) is 22.3. The molecule has 0 unspecified atom stereocenters. The van der Waals surface area contributed by atoms with Crippen molar-refractivity contribution in [2.75, 3.05) is 6.54 Å². The zero-order chi connectivity index (χ0) is 15.1. The Morgan fingerprint density at radius 3 is 2.38 bits per heavy atom. The monoisotopic (exact) mass is 285 g/mol. The highest BCUT2D eigenvalue weighted by Crippen LogP contribution is 2.10. The van der Waals surface area contributed by atoms with Gasteiger partial charge in [-0.3, -0.25) is 9.59 Å².